The van der Waals surface area contributed by atoms with Gasteiger partial charge in [0, 0.05) is 6.21 Å². The second-order valence-electron chi connectivity index (χ2n) is 2.66. The molecule has 1 aromatic carbocycles. The number of nitrogens with zero attached hydrogens (tertiary/aromatic N) is 1. The highest BCUT2D eigenvalue weighted by atomic mass is 14.8. The summed E-state index contributed by atoms with van der Waals surface area (Å²) in [5, 5.41) is 0. The van der Waals surface area contributed by atoms with Gasteiger partial charge in [0.25, 0.3) is 0 Å². The van der Waals surface area contributed by atoms with Crippen LogP contribution in [0.15, 0.2) is 29.3 Å². The summed E-state index contributed by atoms with van der Waals surface area (Å²) in [7, 11) is 0. The molecule has 0 aliphatic rings. The van der Waals surface area contributed by atoms with Crippen LogP contribution in [0.5, 0.6) is 0 Å². The molecule has 12 heavy (non-hydrogen) atoms. The Labute approximate surface area is 73.1 Å². The van der Waals surface area contributed by atoms with Crippen LogP contribution in [0, 0.1) is 0 Å². The van der Waals surface area contributed by atoms with Crippen molar-refractivity contribution >= 4 is 17.6 Å². The maximum atomic E-state index is 5.69. The molecule has 1 aromatic rings. The lowest BCUT2D eigenvalue weighted by molar-refractivity contribution is 1.01. The van der Waals surface area contributed by atoms with E-state index in [0.29, 0.717) is 0 Å². The van der Waals surface area contributed by atoms with E-state index in [1.54, 1.807) is 0 Å². The first-order chi connectivity index (χ1) is 5.84. The molecule has 0 amide bonds. The summed E-state index contributed by atoms with van der Waals surface area (Å²) in [6, 6.07) is 7.63. The van der Waals surface area contributed by atoms with Gasteiger partial charge in [0.15, 0.2) is 0 Å². The van der Waals surface area contributed by atoms with E-state index in [9.17, 15) is 0 Å². The molecule has 2 heteroatoms. The summed E-state index contributed by atoms with van der Waals surface area (Å²) in [6.07, 6.45) is 4.04. The van der Waals surface area contributed by atoms with Gasteiger partial charge in [0.2, 0.25) is 0 Å². The normalized spacial score (nSPS) is 10.8. The van der Waals surface area contributed by atoms with E-state index in [2.05, 4.69) is 11.9 Å². The molecule has 0 radical (unpaired) electrons. The van der Waals surface area contributed by atoms with Crippen LogP contribution in [-0.4, -0.2) is 6.21 Å². The maximum absolute atomic E-state index is 5.69. The van der Waals surface area contributed by atoms with Crippen LogP contribution in [0.2, 0.25) is 0 Å². The maximum Gasteiger partial charge on any atom is 0.0854 e. The van der Waals surface area contributed by atoms with E-state index in [1.165, 1.54) is 0 Å². The molecule has 0 aromatic heterocycles. The number of unbranched alkanes of at least 4 members (excludes halogenated alkanes) is 1. The molecule has 2 nitrogen and oxygen atoms in total. The highest BCUT2D eigenvalue weighted by Gasteiger charge is 1.91. The van der Waals surface area contributed by atoms with Gasteiger partial charge >= 0.3 is 0 Å². The Bertz CT molecular complexity index is 266. The zero-order valence-corrected chi connectivity index (χ0v) is 7.33. The SMILES string of the molecule is CCCC=Nc1ccccc1N. The van der Waals surface area contributed by atoms with Crippen molar-refractivity contribution in [3.05, 3.63) is 24.3 Å². The molecular formula is C10H14N2. The number of aliphatic imine (C=N–C) groups is 1. The van der Waals surface area contributed by atoms with E-state index in [1.807, 2.05) is 30.5 Å². The second kappa shape index (κ2) is 4.54. The number of nitrogen functional groups attached to an aromatic ring is 1. The molecule has 0 unspecified atom stereocenters. The Morgan fingerprint density at radius 3 is 2.83 bits per heavy atom. The fourth-order valence-electron chi connectivity index (χ4n) is 0.897. The summed E-state index contributed by atoms with van der Waals surface area (Å²) < 4.78 is 0. The molecule has 64 valence electrons. The summed E-state index contributed by atoms with van der Waals surface area (Å²) in [5.74, 6) is 0. The fraction of sp³-hybridized carbons (Fsp3) is 0.300. The van der Waals surface area contributed by atoms with Gasteiger partial charge in [-0.15, -0.1) is 0 Å². The third kappa shape index (κ3) is 2.38. The van der Waals surface area contributed by atoms with Crippen molar-refractivity contribution in [3.8, 4) is 0 Å². The molecule has 0 bridgehead atoms. The number of hydrogen-bond donors (Lipinski definition) is 1. The Morgan fingerprint density at radius 2 is 2.17 bits per heavy atom. The van der Waals surface area contributed by atoms with Crippen LogP contribution in [0.4, 0.5) is 11.4 Å². The van der Waals surface area contributed by atoms with E-state index >= 15 is 0 Å². The van der Waals surface area contributed by atoms with Gasteiger partial charge in [-0.05, 0) is 18.6 Å². The largest absolute Gasteiger partial charge is 0.397 e. The van der Waals surface area contributed by atoms with Gasteiger partial charge in [-0.2, -0.15) is 0 Å². The van der Waals surface area contributed by atoms with Crippen molar-refractivity contribution in [2.45, 2.75) is 19.8 Å². The van der Waals surface area contributed by atoms with Crippen molar-refractivity contribution in [2.75, 3.05) is 5.73 Å². The Hall–Kier alpha value is -1.31. The van der Waals surface area contributed by atoms with Gasteiger partial charge < -0.3 is 5.73 Å². The molecule has 0 saturated heterocycles. The lowest BCUT2D eigenvalue weighted by Crippen LogP contribution is -1.84. The topological polar surface area (TPSA) is 38.4 Å². The van der Waals surface area contributed by atoms with Crippen LogP contribution in [0.1, 0.15) is 19.8 Å². The van der Waals surface area contributed by atoms with Gasteiger partial charge in [-0.1, -0.05) is 25.5 Å². The Morgan fingerprint density at radius 1 is 1.42 bits per heavy atom. The van der Waals surface area contributed by atoms with Crippen molar-refractivity contribution in [1.29, 1.82) is 0 Å². The highest BCUT2D eigenvalue weighted by molar-refractivity contribution is 5.70. The first kappa shape index (κ1) is 8.78. The van der Waals surface area contributed by atoms with E-state index in [4.69, 9.17) is 5.73 Å². The lowest BCUT2D eigenvalue weighted by Gasteiger charge is -1.96. The van der Waals surface area contributed by atoms with Crippen LogP contribution < -0.4 is 5.73 Å². The number of anilines is 1. The first-order valence-corrected chi connectivity index (χ1v) is 4.21. The molecule has 0 aliphatic heterocycles. The summed E-state index contributed by atoms with van der Waals surface area (Å²) in [6.45, 7) is 2.13. The molecular weight excluding hydrogens is 148 g/mol. The molecule has 0 aliphatic carbocycles. The van der Waals surface area contributed by atoms with E-state index in [-0.39, 0.29) is 0 Å². The number of hydrogen-bond acceptors (Lipinski definition) is 2. The van der Waals surface area contributed by atoms with Gasteiger partial charge in [-0.3, -0.25) is 4.99 Å². The minimum Gasteiger partial charge on any atom is -0.397 e. The number of rotatable bonds is 3. The van der Waals surface area contributed by atoms with Crippen molar-refractivity contribution in [2.24, 2.45) is 4.99 Å². The Kier molecular flexibility index (Phi) is 3.33. The molecule has 0 saturated carbocycles. The zero-order valence-electron chi connectivity index (χ0n) is 7.33. The molecule has 0 spiro atoms. The van der Waals surface area contributed by atoms with Gasteiger partial charge in [0.05, 0.1) is 11.4 Å². The quantitative estimate of drug-likeness (QED) is 0.538. The summed E-state index contributed by atoms with van der Waals surface area (Å²) in [4.78, 5) is 4.25. The lowest BCUT2D eigenvalue weighted by atomic mass is 10.3. The van der Waals surface area contributed by atoms with Gasteiger partial charge in [-0.25, -0.2) is 0 Å². The average Bonchev–Trinajstić information content (AvgIpc) is 2.09. The third-order valence-corrected chi connectivity index (χ3v) is 1.58. The number of para-hydroxylation sites is 2. The third-order valence-electron chi connectivity index (χ3n) is 1.58. The van der Waals surface area contributed by atoms with Gasteiger partial charge in [0.1, 0.15) is 0 Å². The molecule has 0 fully saturated rings. The predicted molar refractivity (Wildman–Crippen MR) is 53.9 cm³/mol. The zero-order chi connectivity index (χ0) is 8.81. The standard InChI is InChI=1S/C10H14N2/c1-2-3-8-12-10-7-5-4-6-9(10)11/h4-8H,2-3,11H2,1H3. The molecule has 2 N–H and O–H groups in total. The number of nitrogens with two attached hydrogens (primary N) is 1. The van der Waals surface area contributed by atoms with Crippen LogP contribution in [0.3, 0.4) is 0 Å². The smallest absolute Gasteiger partial charge is 0.0854 e. The summed E-state index contributed by atoms with van der Waals surface area (Å²) >= 11 is 0. The van der Waals surface area contributed by atoms with Crippen LogP contribution in [0.25, 0.3) is 0 Å². The molecule has 1 rings (SSSR count). The fourth-order valence-corrected chi connectivity index (χ4v) is 0.897. The average molecular weight is 162 g/mol. The predicted octanol–water partition coefficient (Wildman–Crippen LogP) is 2.77. The van der Waals surface area contributed by atoms with Crippen molar-refractivity contribution < 1.29 is 0 Å². The highest BCUT2D eigenvalue weighted by Crippen LogP contribution is 2.19. The van der Waals surface area contributed by atoms with E-state index in [0.717, 1.165) is 24.2 Å². The monoisotopic (exact) mass is 162 g/mol. The van der Waals surface area contributed by atoms with Crippen molar-refractivity contribution in [1.82, 2.24) is 0 Å². The molecule has 0 atom stereocenters. The number of benzene rings is 1. The van der Waals surface area contributed by atoms with Crippen LogP contribution >= 0.6 is 0 Å². The Balaban J connectivity index is 2.68. The first-order valence-electron chi connectivity index (χ1n) is 4.21. The van der Waals surface area contributed by atoms with Crippen LogP contribution in [-0.2, 0) is 0 Å². The minimum atomic E-state index is 0.741. The molecule has 0 heterocycles. The second-order valence-corrected chi connectivity index (χ2v) is 2.66. The van der Waals surface area contributed by atoms with Crippen molar-refractivity contribution in [3.63, 3.8) is 0 Å². The summed E-state index contributed by atoms with van der Waals surface area (Å²) in [5.41, 5.74) is 7.30. The van der Waals surface area contributed by atoms with E-state index < -0.39 is 0 Å². The minimum absolute atomic E-state index is 0.741.